The molecule has 0 bridgehead atoms. The van der Waals surface area contributed by atoms with Gasteiger partial charge in [-0.05, 0) is 24.3 Å². The Balaban J connectivity index is 2.79. The molecule has 1 aromatic rings. The molecule has 0 unspecified atom stereocenters. The van der Waals surface area contributed by atoms with E-state index in [-0.39, 0.29) is 0 Å². The van der Waals surface area contributed by atoms with Crippen LogP contribution in [-0.2, 0) is 4.79 Å². The number of nitrogens with zero attached hydrogens (tertiary/aromatic N) is 1. The summed E-state index contributed by atoms with van der Waals surface area (Å²) in [5.74, 6) is 2.49. The summed E-state index contributed by atoms with van der Waals surface area (Å²) in [7, 11) is 0. The Labute approximate surface area is 74.8 Å². The van der Waals surface area contributed by atoms with E-state index in [1.165, 1.54) is 6.08 Å². The highest BCUT2D eigenvalue weighted by atomic mass is 32.2. The molecule has 0 aromatic heterocycles. The smallest absolute Gasteiger partial charge is 0.210 e. The van der Waals surface area contributed by atoms with Gasteiger partial charge in [-0.2, -0.15) is 0 Å². The van der Waals surface area contributed by atoms with Crippen molar-refractivity contribution in [3.8, 4) is 12.3 Å². The summed E-state index contributed by atoms with van der Waals surface area (Å²) < 4.78 is 3.36. The van der Waals surface area contributed by atoms with Crippen LogP contribution in [0.2, 0.25) is 0 Å². The minimum atomic E-state index is 0.814. The van der Waals surface area contributed by atoms with Crippen molar-refractivity contribution in [1.29, 1.82) is 0 Å². The SMILES string of the molecule is C#Cc1ccc(SN=C=O)cc1. The second kappa shape index (κ2) is 4.40. The van der Waals surface area contributed by atoms with E-state index in [9.17, 15) is 4.79 Å². The summed E-state index contributed by atoms with van der Waals surface area (Å²) in [5.41, 5.74) is 0.814. The molecule has 2 nitrogen and oxygen atoms in total. The summed E-state index contributed by atoms with van der Waals surface area (Å²) in [4.78, 5) is 10.6. The number of rotatable bonds is 2. The molecule has 0 heterocycles. The quantitative estimate of drug-likeness (QED) is 0.298. The maximum atomic E-state index is 9.76. The molecule has 3 heteroatoms. The van der Waals surface area contributed by atoms with Crippen LogP contribution in [0.3, 0.4) is 0 Å². The van der Waals surface area contributed by atoms with Crippen LogP contribution < -0.4 is 0 Å². The highest BCUT2D eigenvalue weighted by Crippen LogP contribution is 2.18. The Morgan fingerprint density at radius 2 is 2.00 bits per heavy atom. The van der Waals surface area contributed by atoms with E-state index in [0.717, 1.165) is 22.4 Å². The Kier molecular flexibility index (Phi) is 3.16. The molecular formula is C9H5NOS. The van der Waals surface area contributed by atoms with Crippen LogP contribution >= 0.6 is 11.9 Å². The Hall–Kier alpha value is -1.49. The van der Waals surface area contributed by atoms with Gasteiger partial charge in [0.1, 0.15) is 0 Å². The number of benzene rings is 1. The molecule has 0 atom stereocenters. The topological polar surface area (TPSA) is 29.4 Å². The van der Waals surface area contributed by atoms with E-state index in [0.29, 0.717) is 0 Å². The van der Waals surface area contributed by atoms with Gasteiger partial charge in [-0.25, -0.2) is 4.79 Å². The first-order chi connectivity index (χ1) is 5.86. The number of terminal acetylenes is 1. The zero-order valence-electron chi connectivity index (χ0n) is 6.15. The van der Waals surface area contributed by atoms with Gasteiger partial charge in [0.25, 0.3) is 0 Å². The van der Waals surface area contributed by atoms with Crippen LogP contribution in [0.25, 0.3) is 0 Å². The molecule has 58 valence electrons. The molecule has 0 aliphatic carbocycles. The fourth-order valence-corrected chi connectivity index (χ4v) is 1.08. The lowest BCUT2D eigenvalue weighted by atomic mass is 10.2. The molecule has 0 fully saturated rings. The van der Waals surface area contributed by atoms with Gasteiger partial charge < -0.3 is 0 Å². The second-order valence-corrected chi connectivity index (χ2v) is 2.78. The average molecular weight is 175 g/mol. The third-order valence-electron chi connectivity index (χ3n) is 1.21. The molecule has 0 saturated heterocycles. The minimum Gasteiger partial charge on any atom is -0.210 e. The van der Waals surface area contributed by atoms with Gasteiger partial charge in [0.05, 0.1) is 0 Å². The normalized spacial score (nSPS) is 8.25. The van der Waals surface area contributed by atoms with Gasteiger partial charge in [0.2, 0.25) is 6.08 Å². The molecule has 0 amide bonds. The van der Waals surface area contributed by atoms with Crippen LogP contribution in [0.1, 0.15) is 5.56 Å². The molecule has 0 aliphatic rings. The first-order valence-corrected chi connectivity index (χ1v) is 3.95. The molecular weight excluding hydrogens is 170 g/mol. The summed E-state index contributed by atoms with van der Waals surface area (Å²) in [6.07, 6.45) is 6.60. The van der Waals surface area contributed by atoms with Crippen molar-refractivity contribution in [3.05, 3.63) is 29.8 Å². The van der Waals surface area contributed by atoms with Crippen molar-refractivity contribution in [1.82, 2.24) is 0 Å². The Bertz CT molecular complexity index is 344. The average Bonchev–Trinajstić information content (AvgIpc) is 2.15. The van der Waals surface area contributed by atoms with Gasteiger partial charge in [-0.1, -0.05) is 5.92 Å². The molecule has 0 N–H and O–H groups in total. The molecule has 0 spiro atoms. The van der Waals surface area contributed by atoms with Gasteiger partial charge >= 0.3 is 0 Å². The van der Waals surface area contributed by atoms with Crippen LogP contribution in [-0.4, -0.2) is 6.08 Å². The molecule has 1 aromatic carbocycles. The predicted molar refractivity (Wildman–Crippen MR) is 48.4 cm³/mol. The number of hydrogen-bond donors (Lipinski definition) is 0. The summed E-state index contributed by atoms with van der Waals surface area (Å²) in [6, 6.07) is 7.20. The second-order valence-electron chi connectivity index (χ2n) is 1.94. The third kappa shape index (κ3) is 2.28. The van der Waals surface area contributed by atoms with Crippen molar-refractivity contribution < 1.29 is 4.79 Å². The van der Waals surface area contributed by atoms with Crippen LogP contribution in [0.4, 0.5) is 0 Å². The van der Waals surface area contributed by atoms with E-state index < -0.39 is 0 Å². The van der Waals surface area contributed by atoms with Gasteiger partial charge in [0, 0.05) is 22.4 Å². The zero-order chi connectivity index (χ0) is 8.81. The largest absolute Gasteiger partial charge is 0.247 e. The highest BCUT2D eigenvalue weighted by molar-refractivity contribution is 7.98. The summed E-state index contributed by atoms with van der Waals surface area (Å²) in [6.45, 7) is 0. The van der Waals surface area contributed by atoms with Gasteiger partial charge in [-0.15, -0.1) is 10.8 Å². The first kappa shape index (κ1) is 8.61. The fourth-order valence-electron chi connectivity index (χ4n) is 0.683. The lowest BCUT2D eigenvalue weighted by Gasteiger charge is -1.92. The maximum absolute atomic E-state index is 9.76. The van der Waals surface area contributed by atoms with Crippen LogP contribution in [0, 0.1) is 12.3 Å². The van der Waals surface area contributed by atoms with Gasteiger partial charge in [-0.3, -0.25) is 0 Å². The Morgan fingerprint density at radius 1 is 1.33 bits per heavy atom. The van der Waals surface area contributed by atoms with Crippen molar-refractivity contribution in [2.45, 2.75) is 4.90 Å². The zero-order valence-corrected chi connectivity index (χ0v) is 6.97. The molecule has 0 radical (unpaired) electrons. The standard InChI is InChI=1S/C9H5NOS/c1-2-8-3-5-9(6-4-8)12-10-7-11/h1,3-6H. The number of carbonyl (C=O) groups excluding carboxylic acids is 1. The third-order valence-corrected chi connectivity index (χ3v) is 1.86. The molecule has 0 saturated carbocycles. The van der Waals surface area contributed by atoms with E-state index >= 15 is 0 Å². The lowest BCUT2D eigenvalue weighted by molar-refractivity contribution is 0.566. The van der Waals surface area contributed by atoms with Crippen LogP contribution in [0.5, 0.6) is 0 Å². The van der Waals surface area contributed by atoms with E-state index in [4.69, 9.17) is 6.42 Å². The first-order valence-electron chi connectivity index (χ1n) is 3.17. The molecule has 0 aliphatic heterocycles. The monoisotopic (exact) mass is 175 g/mol. The summed E-state index contributed by atoms with van der Waals surface area (Å²) >= 11 is 1.07. The lowest BCUT2D eigenvalue weighted by Crippen LogP contribution is -1.72. The predicted octanol–water partition coefficient (Wildman–Crippen LogP) is 2.01. The van der Waals surface area contributed by atoms with E-state index in [1.807, 2.05) is 0 Å². The fraction of sp³-hybridized carbons (Fsp3) is 0. The molecule has 12 heavy (non-hydrogen) atoms. The van der Waals surface area contributed by atoms with Crippen molar-refractivity contribution in [2.75, 3.05) is 0 Å². The highest BCUT2D eigenvalue weighted by Gasteiger charge is 1.90. The van der Waals surface area contributed by atoms with Gasteiger partial charge in [0.15, 0.2) is 0 Å². The van der Waals surface area contributed by atoms with E-state index in [1.54, 1.807) is 24.3 Å². The summed E-state index contributed by atoms with van der Waals surface area (Å²) in [5, 5.41) is 0. The van der Waals surface area contributed by atoms with E-state index in [2.05, 4.69) is 10.3 Å². The van der Waals surface area contributed by atoms with Crippen molar-refractivity contribution in [3.63, 3.8) is 0 Å². The number of isocyanates is 1. The van der Waals surface area contributed by atoms with Crippen molar-refractivity contribution >= 4 is 18.0 Å². The minimum absolute atomic E-state index is 0.814. The maximum Gasteiger partial charge on any atom is 0.247 e. The van der Waals surface area contributed by atoms with Crippen molar-refractivity contribution in [2.24, 2.45) is 4.40 Å². The Morgan fingerprint density at radius 3 is 2.50 bits per heavy atom. The molecule has 1 rings (SSSR count). The number of hydrogen-bond acceptors (Lipinski definition) is 3. The van der Waals surface area contributed by atoms with Crippen LogP contribution in [0.15, 0.2) is 33.6 Å².